The lowest BCUT2D eigenvalue weighted by Crippen LogP contribution is -2.28. The molecule has 1 saturated heterocycles. The molecule has 3 atom stereocenters. The van der Waals surface area contributed by atoms with Crippen LogP contribution in [0.1, 0.15) is 12.6 Å². The summed E-state index contributed by atoms with van der Waals surface area (Å²) in [5.74, 6) is -0.112. The van der Waals surface area contributed by atoms with E-state index in [-0.39, 0.29) is 19.0 Å². The van der Waals surface area contributed by atoms with Crippen LogP contribution in [-0.4, -0.2) is 43.6 Å². The van der Waals surface area contributed by atoms with Gasteiger partial charge >= 0.3 is 5.69 Å². The molecule has 0 amide bonds. The highest BCUT2D eigenvalue weighted by atomic mass is 16.5. The highest BCUT2D eigenvalue weighted by Crippen LogP contribution is 2.26. The van der Waals surface area contributed by atoms with Gasteiger partial charge in [0.2, 0.25) is 5.95 Å². The summed E-state index contributed by atoms with van der Waals surface area (Å²) in [6.45, 7) is -0.303. The molecule has 0 unspecified atom stereocenters. The van der Waals surface area contributed by atoms with Crippen molar-refractivity contribution >= 4 is 5.95 Å². The first-order chi connectivity index (χ1) is 7.61. The predicted octanol–water partition coefficient (Wildman–Crippen LogP) is -2.14. The number of hydrogen-bond acceptors (Lipinski definition) is 7. The Kier molecular flexibility index (Phi) is 2.86. The fraction of sp³-hybridized carbons (Fsp3) is 0.625. The monoisotopic (exact) mass is 228 g/mol. The zero-order chi connectivity index (χ0) is 11.7. The number of anilines is 1. The Balaban J connectivity index is 2.23. The summed E-state index contributed by atoms with van der Waals surface area (Å²) in [4.78, 5) is 18.5. The van der Waals surface area contributed by atoms with Crippen molar-refractivity contribution in [1.29, 1.82) is 0 Å². The van der Waals surface area contributed by atoms with E-state index in [4.69, 9.17) is 15.6 Å². The molecule has 1 fully saturated rings. The number of ether oxygens (including phenoxy) is 1. The quantitative estimate of drug-likeness (QED) is 0.527. The third-order valence-corrected chi connectivity index (χ3v) is 2.44. The Morgan fingerprint density at radius 1 is 1.69 bits per heavy atom. The molecule has 1 aromatic heterocycles. The van der Waals surface area contributed by atoms with Crippen molar-refractivity contribution in [1.82, 2.24) is 14.5 Å². The van der Waals surface area contributed by atoms with E-state index in [0.29, 0.717) is 0 Å². The molecule has 0 aromatic carbocycles. The lowest BCUT2D eigenvalue weighted by Gasteiger charge is -2.13. The predicted molar refractivity (Wildman–Crippen MR) is 52.3 cm³/mol. The first-order valence-electron chi connectivity index (χ1n) is 4.77. The molecule has 0 spiro atoms. The second kappa shape index (κ2) is 4.16. The Morgan fingerprint density at radius 2 is 2.44 bits per heavy atom. The molecule has 88 valence electrons. The van der Waals surface area contributed by atoms with Crippen molar-refractivity contribution in [3.63, 3.8) is 0 Å². The van der Waals surface area contributed by atoms with E-state index >= 15 is 0 Å². The van der Waals surface area contributed by atoms with Crippen molar-refractivity contribution < 1.29 is 14.9 Å². The van der Waals surface area contributed by atoms with Crippen LogP contribution >= 0.6 is 0 Å². The van der Waals surface area contributed by atoms with Crippen LogP contribution in [0.15, 0.2) is 11.1 Å². The number of nitrogen functional groups attached to an aromatic ring is 1. The van der Waals surface area contributed by atoms with Crippen LogP contribution in [-0.2, 0) is 4.74 Å². The molecule has 8 heteroatoms. The highest BCUT2D eigenvalue weighted by molar-refractivity contribution is 5.09. The minimum atomic E-state index is -0.806. The minimum absolute atomic E-state index is 0.112. The summed E-state index contributed by atoms with van der Waals surface area (Å²) in [5, 5.41) is 18.4. The molecule has 8 nitrogen and oxygen atoms in total. The zero-order valence-corrected chi connectivity index (χ0v) is 8.35. The van der Waals surface area contributed by atoms with Crippen LogP contribution in [0, 0.1) is 0 Å². The van der Waals surface area contributed by atoms with Crippen LogP contribution < -0.4 is 11.4 Å². The summed E-state index contributed by atoms with van der Waals surface area (Å²) >= 11 is 0. The molecular weight excluding hydrogens is 216 g/mol. The molecule has 0 bridgehead atoms. The van der Waals surface area contributed by atoms with Crippen LogP contribution in [0.2, 0.25) is 0 Å². The largest absolute Gasteiger partial charge is 0.394 e. The van der Waals surface area contributed by atoms with Crippen molar-refractivity contribution in [3.8, 4) is 0 Å². The van der Waals surface area contributed by atoms with Gasteiger partial charge in [0.05, 0.1) is 12.7 Å². The molecule has 2 rings (SSSR count). The van der Waals surface area contributed by atoms with Crippen molar-refractivity contribution in [2.75, 3.05) is 12.3 Å². The number of aliphatic hydroxyl groups excluding tert-OH is 2. The maximum Gasteiger partial charge on any atom is 0.354 e. The molecule has 0 radical (unpaired) electrons. The number of nitrogens with two attached hydrogens (primary N) is 1. The van der Waals surface area contributed by atoms with Gasteiger partial charge in [0, 0.05) is 6.42 Å². The maximum atomic E-state index is 11.4. The normalized spacial score (nSPS) is 29.5. The zero-order valence-electron chi connectivity index (χ0n) is 8.35. The van der Waals surface area contributed by atoms with Gasteiger partial charge in [-0.05, 0) is 0 Å². The van der Waals surface area contributed by atoms with Gasteiger partial charge in [-0.1, -0.05) is 0 Å². The number of nitrogens with zero attached hydrogens (tertiary/aromatic N) is 3. The SMILES string of the molecule is Nc1ncn([C@H]2C[C@@H](O)[C@H](CO)O2)c(=O)n1. The molecule has 0 saturated carbocycles. The average molecular weight is 228 g/mol. The number of rotatable bonds is 2. The Morgan fingerprint density at radius 3 is 3.00 bits per heavy atom. The molecule has 2 heterocycles. The van der Waals surface area contributed by atoms with Gasteiger partial charge in [-0.2, -0.15) is 4.98 Å². The number of hydrogen-bond donors (Lipinski definition) is 3. The topological polar surface area (TPSA) is 123 Å². The Hall–Kier alpha value is -1.51. The summed E-state index contributed by atoms with van der Waals surface area (Å²) in [6.07, 6.45) is -0.741. The van der Waals surface area contributed by atoms with Gasteiger partial charge in [-0.15, -0.1) is 0 Å². The third kappa shape index (κ3) is 1.90. The molecule has 16 heavy (non-hydrogen) atoms. The van der Waals surface area contributed by atoms with Crippen LogP contribution in [0.5, 0.6) is 0 Å². The Labute approximate surface area is 90.3 Å². The fourth-order valence-electron chi connectivity index (χ4n) is 1.60. The maximum absolute atomic E-state index is 11.4. The molecule has 1 aromatic rings. The average Bonchev–Trinajstić information content (AvgIpc) is 2.59. The van der Waals surface area contributed by atoms with Crippen molar-refractivity contribution in [3.05, 3.63) is 16.8 Å². The van der Waals surface area contributed by atoms with Gasteiger partial charge in [-0.25, -0.2) is 9.78 Å². The van der Waals surface area contributed by atoms with Crippen molar-refractivity contribution in [2.45, 2.75) is 24.9 Å². The molecule has 1 aliphatic rings. The van der Waals surface area contributed by atoms with E-state index in [0.717, 1.165) is 4.57 Å². The van der Waals surface area contributed by atoms with E-state index in [1.165, 1.54) is 6.33 Å². The van der Waals surface area contributed by atoms with Gasteiger partial charge in [-0.3, -0.25) is 4.57 Å². The van der Waals surface area contributed by atoms with E-state index in [9.17, 15) is 9.90 Å². The minimum Gasteiger partial charge on any atom is -0.394 e. The van der Waals surface area contributed by atoms with E-state index in [1.54, 1.807) is 0 Å². The second-order valence-corrected chi connectivity index (χ2v) is 3.52. The molecule has 1 aliphatic heterocycles. The standard InChI is InChI=1S/C8H12N4O4/c9-7-10-3-12(8(15)11-7)6-1-4(14)5(2-13)16-6/h3-6,13-14H,1-2H2,(H2,9,11,15)/t4-,5+,6-/m1/s1. The third-order valence-electron chi connectivity index (χ3n) is 2.44. The van der Waals surface area contributed by atoms with Crippen LogP contribution in [0.3, 0.4) is 0 Å². The highest BCUT2D eigenvalue weighted by Gasteiger charge is 2.35. The van der Waals surface area contributed by atoms with Gasteiger partial charge in [0.15, 0.2) is 0 Å². The summed E-state index contributed by atoms with van der Waals surface area (Å²) < 4.78 is 6.41. The number of aromatic nitrogens is 3. The summed E-state index contributed by atoms with van der Waals surface area (Å²) in [5.41, 5.74) is 4.65. The molecule has 4 N–H and O–H groups in total. The first kappa shape index (κ1) is 11.0. The smallest absolute Gasteiger partial charge is 0.354 e. The van der Waals surface area contributed by atoms with Gasteiger partial charge in [0.25, 0.3) is 0 Å². The van der Waals surface area contributed by atoms with Gasteiger partial charge < -0.3 is 20.7 Å². The van der Waals surface area contributed by atoms with E-state index < -0.39 is 24.1 Å². The summed E-state index contributed by atoms with van der Waals surface area (Å²) in [6, 6.07) is 0. The number of aliphatic hydroxyl groups is 2. The van der Waals surface area contributed by atoms with Crippen molar-refractivity contribution in [2.24, 2.45) is 0 Å². The molecule has 0 aliphatic carbocycles. The summed E-state index contributed by atoms with van der Waals surface area (Å²) in [7, 11) is 0. The van der Waals surface area contributed by atoms with Crippen LogP contribution in [0.4, 0.5) is 5.95 Å². The molecular formula is C8H12N4O4. The second-order valence-electron chi connectivity index (χ2n) is 3.52. The van der Waals surface area contributed by atoms with Crippen LogP contribution in [0.25, 0.3) is 0 Å². The Bertz CT molecular complexity index is 434. The van der Waals surface area contributed by atoms with Gasteiger partial charge in [0.1, 0.15) is 18.7 Å². The fourth-order valence-corrected chi connectivity index (χ4v) is 1.60. The first-order valence-corrected chi connectivity index (χ1v) is 4.77. The van der Waals surface area contributed by atoms with E-state index in [2.05, 4.69) is 9.97 Å². The lowest BCUT2D eigenvalue weighted by atomic mass is 10.2. The lowest BCUT2D eigenvalue weighted by molar-refractivity contribution is -0.0462. The van der Waals surface area contributed by atoms with E-state index in [1.807, 2.05) is 0 Å².